The Kier molecular flexibility index (Phi) is 4.89. The van der Waals surface area contributed by atoms with Crippen molar-refractivity contribution in [3.8, 4) is 0 Å². The van der Waals surface area contributed by atoms with Gasteiger partial charge >= 0.3 is 0 Å². The molecule has 2 N–H and O–H groups in total. The summed E-state index contributed by atoms with van der Waals surface area (Å²) in [5, 5.41) is 0.540. The van der Waals surface area contributed by atoms with E-state index in [1.807, 2.05) is 4.90 Å². The van der Waals surface area contributed by atoms with E-state index in [2.05, 4.69) is 6.92 Å². The maximum atomic E-state index is 12.7. The number of amides is 1. The number of carbonyl (C=O) groups excluding carboxylic acids is 1. The number of hydrogen-bond donors (Lipinski definition) is 1. The van der Waals surface area contributed by atoms with Crippen molar-refractivity contribution in [3.63, 3.8) is 0 Å². The highest BCUT2D eigenvalue weighted by atomic mass is 35.5. The largest absolute Gasteiger partial charge is 0.398 e. The first-order valence-corrected chi connectivity index (χ1v) is 7.27. The fraction of sp³-hybridized carbons (Fsp3) is 0.533. The van der Waals surface area contributed by atoms with E-state index in [0.29, 0.717) is 35.3 Å². The first-order valence-electron chi connectivity index (χ1n) is 6.89. The summed E-state index contributed by atoms with van der Waals surface area (Å²) < 4.78 is 5.11. The van der Waals surface area contributed by atoms with Crippen LogP contribution in [0.25, 0.3) is 0 Å². The molecule has 0 aliphatic heterocycles. The van der Waals surface area contributed by atoms with Crippen molar-refractivity contribution in [1.29, 1.82) is 0 Å². The molecule has 1 fully saturated rings. The number of rotatable bonds is 6. The highest BCUT2D eigenvalue weighted by Gasteiger charge is 2.34. The molecule has 0 aromatic heterocycles. The van der Waals surface area contributed by atoms with E-state index >= 15 is 0 Å². The molecule has 1 atom stereocenters. The number of benzene rings is 1. The maximum Gasteiger partial charge on any atom is 0.256 e. The summed E-state index contributed by atoms with van der Waals surface area (Å²) in [5.74, 6) is 0.556. The maximum absolute atomic E-state index is 12.7. The summed E-state index contributed by atoms with van der Waals surface area (Å²) in [6.07, 6.45) is 2.38. The third kappa shape index (κ3) is 3.44. The van der Waals surface area contributed by atoms with Gasteiger partial charge < -0.3 is 15.4 Å². The summed E-state index contributed by atoms with van der Waals surface area (Å²) >= 11 is 5.88. The molecular weight excluding hydrogens is 276 g/mol. The second kappa shape index (κ2) is 6.46. The minimum absolute atomic E-state index is 0.0457. The number of anilines is 1. The fourth-order valence-corrected chi connectivity index (χ4v) is 2.58. The number of halogens is 1. The number of hydrogen-bond acceptors (Lipinski definition) is 3. The number of carbonyl (C=O) groups is 1. The highest BCUT2D eigenvalue weighted by molar-refractivity contribution is 6.31. The van der Waals surface area contributed by atoms with Crippen molar-refractivity contribution in [2.75, 3.05) is 26.0 Å². The van der Waals surface area contributed by atoms with Crippen LogP contribution in [0, 0.1) is 5.92 Å². The Balaban J connectivity index is 2.20. The van der Waals surface area contributed by atoms with Crippen LogP contribution in [0.2, 0.25) is 5.02 Å². The van der Waals surface area contributed by atoms with Crippen molar-refractivity contribution < 1.29 is 9.53 Å². The van der Waals surface area contributed by atoms with Crippen LogP contribution in [0.5, 0.6) is 0 Å². The molecular formula is C15H21ClN2O2. The van der Waals surface area contributed by atoms with Gasteiger partial charge in [-0.2, -0.15) is 0 Å². The molecule has 0 spiro atoms. The minimum atomic E-state index is -0.0457. The number of ether oxygens (including phenoxy) is 1. The van der Waals surface area contributed by atoms with Crippen LogP contribution in [0.15, 0.2) is 18.2 Å². The lowest BCUT2D eigenvalue weighted by Crippen LogP contribution is -2.42. The van der Waals surface area contributed by atoms with E-state index in [4.69, 9.17) is 22.1 Å². The van der Waals surface area contributed by atoms with Crippen molar-refractivity contribution >= 4 is 23.2 Å². The van der Waals surface area contributed by atoms with Gasteiger partial charge in [0.2, 0.25) is 0 Å². The molecule has 0 saturated heterocycles. The van der Waals surface area contributed by atoms with Crippen LogP contribution >= 0.6 is 11.6 Å². The Hall–Kier alpha value is -1.26. The average Bonchev–Trinajstić information content (AvgIpc) is 3.22. The predicted molar refractivity (Wildman–Crippen MR) is 81.0 cm³/mol. The molecule has 1 aromatic rings. The Morgan fingerprint density at radius 1 is 1.55 bits per heavy atom. The molecule has 1 aliphatic rings. The van der Waals surface area contributed by atoms with Gasteiger partial charge in [-0.1, -0.05) is 11.6 Å². The lowest BCUT2D eigenvalue weighted by Gasteiger charge is -2.29. The summed E-state index contributed by atoms with van der Waals surface area (Å²) in [6, 6.07) is 5.22. The molecule has 1 unspecified atom stereocenters. The number of nitrogens with two attached hydrogens (primary N) is 1. The van der Waals surface area contributed by atoms with Crippen LogP contribution in [0.3, 0.4) is 0 Å². The molecule has 5 heteroatoms. The SMILES string of the molecule is COCCN(C(=O)c1ccc(Cl)cc1N)C(C)C1CC1. The second-order valence-electron chi connectivity index (χ2n) is 5.30. The molecule has 1 aliphatic carbocycles. The molecule has 20 heavy (non-hydrogen) atoms. The topological polar surface area (TPSA) is 55.6 Å². The Labute approximate surface area is 124 Å². The smallest absolute Gasteiger partial charge is 0.256 e. The Morgan fingerprint density at radius 2 is 2.25 bits per heavy atom. The lowest BCUT2D eigenvalue weighted by molar-refractivity contribution is 0.0595. The quantitative estimate of drug-likeness (QED) is 0.821. The predicted octanol–water partition coefficient (Wildman–Crippen LogP) is 2.81. The van der Waals surface area contributed by atoms with Gasteiger partial charge in [0.15, 0.2) is 0 Å². The molecule has 1 saturated carbocycles. The summed E-state index contributed by atoms with van der Waals surface area (Å²) in [4.78, 5) is 14.6. The molecule has 0 heterocycles. The van der Waals surface area contributed by atoms with Gasteiger partial charge in [0, 0.05) is 30.4 Å². The van der Waals surface area contributed by atoms with Gasteiger partial charge in [0.05, 0.1) is 12.2 Å². The van der Waals surface area contributed by atoms with E-state index in [1.165, 1.54) is 12.8 Å². The molecule has 0 bridgehead atoms. The lowest BCUT2D eigenvalue weighted by atomic mass is 10.1. The summed E-state index contributed by atoms with van der Waals surface area (Å²) in [6.45, 7) is 3.20. The van der Waals surface area contributed by atoms with E-state index in [1.54, 1.807) is 25.3 Å². The van der Waals surface area contributed by atoms with Gasteiger partial charge in [-0.25, -0.2) is 0 Å². The van der Waals surface area contributed by atoms with Crippen LogP contribution in [0.1, 0.15) is 30.1 Å². The summed E-state index contributed by atoms with van der Waals surface area (Å²) in [7, 11) is 1.64. The van der Waals surface area contributed by atoms with Crippen LogP contribution in [-0.4, -0.2) is 37.1 Å². The van der Waals surface area contributed by atoms with E-state index in [0.717, 1.165) is 0 Å². The fourth-order valence-electron chi connectivity index (χ4n) is 2.40. The van der Waals surface area contributed by atoms with Gasteiger partial charge in [-0.05, 0) is 43.9 Å². The molecule has 110 valence electrons. The molecule has 1 amide bonds. The summed E-state index contributed by atoms with van der Waals surface area (Å²) in [5.41, 5.74) is 6.85. The van der Waals surface area contributed by atoms with Crippen LogP contribution in [-0.2, 0) is 4.74 Å². The number of nitrogens with zero attached hydrogens (tertiary/aromatic N) is 1. The zero-order chi connectivity index (χ0) is 14.7. The van der Waals surface area contributed by atoms with Gasteiger partial charge in [0.1, 0.15) is 0 Å². The average molecular weight is 297 g/mol. The third-order valence-corrected chi connectivity index (χ3v) is 4.07. The van der Waals surface area contributed by atoms with E-state index < -0.39 is 0 Å². The third-order valence-electron chi connectivity index (χ3n) is 3.84. The van der Waals surface area contributed by atoms with E-state index in [-0.39, 0.29) is 11.9 Å². The molecule has 1 aromatic carbocycles. The zero-order valence-electron chi connectivity index (χ0n) is 11.9. The molecule has 2 rings (SSSR count). The normalized spacial score (nSPS) is 15.9. The van der Waals surface area contributed by atoms with Crippen LogP contribution in [0.4, 0.5) is 5.69 Å². The van der Waals surface area contributed by atoms with Crippen molar-refractivity contribution in [2.45, 2.75) is 25.8 Å². The van der Waals surface area contributed by atoms with Crippen LogP contribution < -0.4 is 5.73 Å². The van der Waals surface area contributed by atoms with Gasteiger partial charge in [-0.15, -0.1) is 0 Å². The second-order valence-corrected chi connectivity index (χ2v) is 5.74. The van der Waals surface area contributed by atoms with Gasteiger partial charge in [-0.3, -0.25) is 4.79 Å². The number of methoxy groups -OCH3 is 1. The molecule has 4 nitrogen and oxygen atoms in total. The van der Waals surface area contributed by atoms with Gasteiger partial charge in [0.25, 0.3) is 5.91 Å². The first kappa shape index (κ1) is 15.1. The molecule has 0 radical (unpaired) electrons. The van der Waals surface area contributed by atoms with Crippen molar-refractivity contribution in [1.82, 2.24) is 4.90 Å². The standard InChI is InChI=1S/C15H21ClN2O2/c1-10(11-3-4-11)18(7-8-20-2)15(19)13-6-5-12(16)9-14(13)17/h5-6,9-11H,3-4,7-8,17H2,1-2H3. The van der Waals surface area contributed by atoms with Crippen molar-refractivity contribution in [3.05, 3.63) is 28.8 Å². The highest BCUT2D eigenvalue weighted by Crippen LogP contribution is 2.36. The Morgan fingerprint density at radius 3 is 2.80 bits per heavy atom. The Bertz CT molecular complexity index is 489. The number of nitrogen functional groups attached to an aromatic ring is 1. The van der Waals surface area contributed by atoms with E-state index in [9.17, 15) is 4.79 Å². The zero-order valence-corrected chi connectivity index (χ0v) is 12.7. The monoisotopic (exact) mass is 296 g/mol. The van der Waals surface area contributed by atoms with Crippen molar-refractivity contribution in [2.24, 2.45) is 5.92 Å². The minimum Gasteiger partial charge on any atom is -0.398 e. The first-order chi connectivity index (χ1) is 9.54.